The van der Waals surface area contributed by atoms with Crippen molar-refractivity contribution in [1.29, 1.82) is 0 Å². The Balaban J connectivity index is 2.12. The van der Waals surface area contributed by atoms with E-state index in [1.165, 1.54) is 19.3 Å². The molecule has 3 unspecified atom stereocenters. The number of hydrogen-bond donors (Lipinski definition) is 1. The Labute approximate surface area is 114 Å². The van der Waals surface area contributed by atoms with Gasteiger partial charge in [0.1, 0.15) is 5.82 Å². The maximum atomic E-state index is 13.9. The van der Waals surface area contributed by atoms with Gasteiger partial charge in [0.05, 0.1) is 5.02 Å². The van der Waals surface area contributed by atoms with Crippen molar-refractivity contribution in [2.45, 2.75) is 38.6 Å². The molecule has 0 radical (unpaired) electrons. The van der Waals surface area contributed by atoms with Crippen LogP contribution in [-0.4, -0.2) is 13.1 Å². The summed E-state index contributed by atoms with van der Waals surface area (Å²) in [4.78, 5) is 0. The molecule has 3 heteroatoms. The predicted octanol–water partition coefficient (Wildman–Crippen LogP) is 4.05. The average molecular weight is 270 g/mol. The molecule has 0 saturated heterocycles. The van der Waals surface area contributed by atoms with Gasteiger partial charge < -0.3 is 5.32 Å². The number of nitrogens with one attached hydrogen (secondary N) is 1. The number of hydrogen-bond acceptors (Lipinski definition) is 1. The third-order valence-corrected chi connectivity index (χ3v) is 4.58. The quantitative estimate of drug-likeness (QED) is 0.870. The Kier molecular flexibility index (Phi) is 4.63. The third kappa shape index (κ3) is 2.86. The van der Waals surface area contributed by atoms with E-state index in [1.54, 1.807) is 6.07 Å². The Morgan fingerprint density at radius 2 is 2.22 bits per heavy atom. The van der Waals surface area contributed by atoms with Crippen LogP contribution in [0.5, 0.6) is 0 Å². The highest BCUT2D eigenvalue weighted by Crippen LogP contribution is 2.35. The van der Waals surface area contributed by atoms with Crippen LogP contribution in [0.4, 0.5) is 4.39 Å². The van der Waals surface area contributed by atoms with Crippen LogP contribution in [0, 0.1) is 17.7 Å². The molecule has 2 rings (SSSR count). The molecule has 0 heterocycles. The number of rotatable bonds is 4. The first kappa shape index (κ1) is 13.8. The van der Waals surface area contributed by atoms with Gasteiger partial charge in [0.25, 0.3) is 0 Å². The first-order valence-electron chi connectivity index (χ1n) is 6.73. The van der Waals surface area contributed by atoms with E-state index in [-0.39, 0.29) is 10.8 Å². The smallest absolute Gasteiger partial charge is 0.145 e. The van der Waals surface area contributed by atoms with Crippen LogP contribution in [-0.2, 0) is 6.42 Å². The first-order valence-corrected chi connectivity index (χ1v) is 7.11. The summed E-state index contributed by atoms with van der Waals surface area (Å²) in [6, 6.07) is 5.61. The second-order valence-corrected chi connectivity index (χ2v) is 5.79. The molecular formula is C15H21ClFN. The van der Waals surface area contributed by atoms with Gasteiger partial charge in [-0.15, -0.1) is 0 Å². The molecule has 1 aromatic rings. The van der Waals surface area contributed by atoms with Gasteiger partial charge >= 0.3 is 0 Å². The summed E-state index contributed by atoms with van der Waals surface area (Å²) >= 11 is 5.83. The zero-order chi connectivity index (χ0) is 13.1. The summed E-state index contributed by atoms with van der Waals surface area (Å²) in [6.45, 7) is 2.30. The van der Waals surface area contributed by atoms with Crippen molar-refractivity contribution in [3.8, 4) is 0 Å². The number of halogens is 2. The largest absolute Gasteiger partial charge is 0.316 e. The van der Waals surface area contributed by atoms with Crippen LogP contribution in [0.1, 0.15) is 31.7 Å². The maximum Gasteiger partial charge on any atom is 0.145 e. The monoisotopic (exact) mass is 269 g/mol. The van der Waals surface area contributed by atoms with Crippen LogP contribution in [0.25, 0.3) is 0 Å². The molecule has 1 N–H and O–H groups in total. The van der Waals surface area contributed by atoms with Crippen LogP contribution in [0.15, 0.2) is 18.2 Å². The van der Waals surface area contributed by atoms with E-state index < -0.39 is 0 Å². The van der Waals surface area contributed by atoms with Gasteiger partial charge in [0, 0.05) is 6.04 Å². The molecule has 0 aliphatic heterocycles. The molecular weight excluding hydrogens is 249 g/mol. The summed E-state index contributed by atoms with van der Waals surface area (Å²) < 4.78 is 13.9. The van der Waals surface area contributed by atoms with E-state index in [0.29, 0.717) is 12.0 Å². The van der Waals surface area contributed by atoms with Crippen molar-refractivity contribution >= 4 is 11.6 Å². The summed E-state index contributed by atoms with van der Waals surface area (Å²) in [5, 5.41) is 3.58. The zero-order valence-corrected chi connectivity index (χ0v) is 11.8. The fourth-order valence-corrected chi connectivity index (χ4v) is 3.38. The molecule has 18 heavy (non-hydrogen) atoms. The van der Waals surface area contributed by atoms with Crippen molar-refractivity contribution in [2.24, 2.45) is 11.8 Å². The van der Waals surface area contributed by atoms with Gasteiger partial charge in [-0.2, -0.15) is 0 Å². The normalized spacial score (nSPS) is 25.3. The molecule has 1 aromatic carbocycles. The molecule has 0 aromatic heterocycles. The van der Waals surface area contributed by atoms with E-state index in [9.17, 15) is 4.39 Å². The van der Waals surface area contributed by atoms with E-state index in [0.717, 1.165) is 17.9 Å². The van der Waals surface area contributed by atoms with E-state index >= 15 is 0 Å². The summed E-state index contributed by atoms with van der Waals surface area (Å²) in [5.74, 6) is 1.11. The molecule has 0 spiro atoms. The molecule has 0 amide bonds. The summed E-state index contributed by atoms with van der Waals surface area (Å²) in [7, 11) is 1.97. The minimum Gasteiger partial charge on any atom is -0.316 e. The zero-order valence-electron chi connectivity index (χ0n) is 11.0. The van der Waals surface area contributed by atoms with E-state index in [4.69, 9.17) is 11.6 Å². The van der Waals surface area contributed by atoms with Crippen LogP contribution in [0.3, 0.4) is 0 Å². The van der Waals surface area contributed by atoms with Crippen LogP contribution in [0.2, 0.25) is 5.02 Å². The fraction of sp³-hybridized carbons (Fsp3) is 0.600. The predicted molar refractivity (Wildman–Crippen MR) is 74.5 cm³/mol. The molecule has 1 fully saturated rings. The number of likely N-dealkylation sites (N-methyl/N-ethyl adjacent to an activating group) is 1. The van der Waals surface area contributed by atoms with E-state index in [2.05, 4.69) is 12.2 Å². The number of benzene rings is 1. The van der Waals surface area contributed by atoms with Gasteiger partial charge in [-0.05, 0) is 43.4 Å². The highest BCUT2D eigenvalue weighted by molar-refractivity contribution is 6.30. The molecule has 1 nitrogen and oxygen atoms in total. The minimum atomic E-state index is -0.259. The standard InChI is InChI=1S/C15H21ClFN/c1-10-5-3-7-12(10)14(18-2)9-11-6-4-8-13(16)15(11)17/h4,6,8,10,12,14,18H,3,5,7,9H2,1-2H3. The highest BCUT2D eigenvalue weighted by atomic mass is 35.5. The highest BCUT2D eigenvalue weighted by Gasteiger charge is 2.30. The van der Waals surface area contributed by atoms with Crippen molar-refractivity contribution in [3.63, 3.8) is 0 Å². The lowest BCUT2D eigenvalue weighted by Gasteiger charge is -2.27. The van der Waals surface area contributed by atoms with Crippen LogP contribution >= 0.6 is 11.6 Å². The first-order chi connectivity index (χ1) is 8.63. The lowest BCUT2D eigenvalue weighted by Crippen LogP contribution is -2.37. The van der Waals surface area contributed by atoms with Gasteiger partial charge in [0.2, 0.25) is 0 Å². The Morgan fingerprint density at radius 1 is 1.44 bits per heavy atom. The van der Waals surface area contributed by atoms with Gasteiger partial charge in [-0.3, -0.25) is 0 Å². The Morgan fingerprint density at radius 3 is 2.83 bits per heavy atom. The second kappa shape index (κ2) is 6.03. The van der Waals surface area contributed by atoms with Crippen LogP contribution < -0.4 is 5.32 Å². The summed E-state index contributed by atoms with van der Waals surface area (Å²) in [6.07, 6.45) is 4.55. The van der Waals surface area contributed by atoms with Gasteiger partial charge in [-0.1, -0.05) is 43.5 Å². The Bertz CT molecular complexity index is 407. The molecule has 0 bridgehead atoms. The molecule has 1 saturated carbocycles. The summed E-state index contributed by atoms with van der Waals surface area (Å²) in [5.41, 5.74) is 0.723. The fourth-order valence-electron chi connectivity index (χ4n) is 3.18. The van der Waals surface area contributed by atoms with Crippen molar-refractivity contribution < 1.29 is 4.39 Å². The molecule has 100 valence electrons. The van der Waals surface area contributed by atoms with Crippen molar-refractivity contribution in [3.05, 3.63) is 34.6 Å². The maximum absolute atomic E-state index is 13.9. The lowest BCUT2D eigenvalue weighted by atomic mass is 9.86. The van der Waals surface area contributed by atoms with Gasteiger partial charge in [0.15, 0.2) is 0 Å². The second-order valence-electron chi connectivity index (χ2n) is 5.38. The molecule has 1 aliphatic rings. The average Bonchev–Trinajstić information content (AvgIpc) is 2.77. The van der Waals surface area contributed by atoms with Crippen molar-refractivity contribution in [2.75, 3.05) is 7.05 Å². The van der Waals surface area contributed by atoms with E-state index in [1.807, 2.05) is 19.2 Å². The third-order valence-electron chi connectivity index (χ3n) is 4.29. The van der Waals surface area contributed by atoms with Gasteiger partial charge in [-0.25, -0.2) is 4.39 Å². The topological polar surface area (TPSA) is 12.0 Å². The Hall–Kier alpha value is -0.600. The SMILES string of the molecule is CNC(Cc1cccc(Cl)c1F)C1CCCC1C. The van der Waals surface area contributed by atoms with Crippen molar-refractivity contribution in [1.82, 2.24) is 5.32 Å². The lowest BCUT2D eigenvalue weighted by molar-refractivity contribution is 0.306. The minimum absolute atomic E-state index is 0.224. The molecule has 1 aliphatic carbocycles. The molecule has 3 atom stereocenters.